The molecule has 68 valence electrons. The number of allylic oxidation sites excluding steroid dienone is 2. The topological polar surface area (TPSA) is 0 Å². The first-order valence-corrected chi connectivity index (χ1v) is 5.62. The molecule has 0 radical (unpaired) electrons. The van der Waals surface area contributed by atoms with Crippen LogP contribution in [0.3, 0.4) is 0 Å². The van der Waals surface area contributed by atoms with Crippen LogP contribution in [0.5, 0.6) is 0 Å². The van der Waals surface area contributed by atoms with E-state index in [1.165, 1.54) is 51.4 Å². The van der Waals surface area contributed by atoms with E-state index in [4.69, 9.17) is 0 Å². The van der Waals surface area contributed by atoms with Gasteiger partial charge in [0, 0.05) is 0 Å². The van der Waals surface area contributed by atoms with E-state index in [-0.39, 0.29) is 0 Å². The van der Waals surface area contributed by atoms with Crippen molar-refractivity contribution in [3.63, 3.8) is 0 Å². The van der Waals surface area contributed by atoms with Crippen molar-refractivity contribution in [1.29, 1.82) is 0 Å². The van der Waals surface area contributed by atoms with Gasteiger partial charge in [-0.05, 0) is 31.1 Å². The summed E-state index contributed by atoms with van der Waals surface area (Å²) in [5, 5.41) is 0. The molecule has 2 rings (SSSR count). The van der Waals surface area contributed by atoms with Gasteiger partial charge in [-0.2, -0.15) is 0 Å². The zero-order valence-electron chi connectivity index (χ0n) is 7.97. The zero-order valence-corrected chi connectivity index (χ0v) is 7.97. The highest BCUT2D eigenvalue weighted by molar-refractivity contribution is 4.96. The van der Waals surface area contributed by atoms with E-state index in [0.717, 1.165) is 11.8 Å². The van der Waals surface area contributed by atoms with Crippen molar-refractivity contribution in [3.8, 4) is 0 Å². The molecule has 2 aliphatic rings. The molecule has 0 spiro atoms. The third-order valence-electron chi connectivity index (χ3n) is 3.47. The van der Waals surface area contributed by atoms with Crippen molar-refractivity contribution in [2.45, 2.75) is 51.4 Å². The molecule has 0 heteroatoms. The van der Waals surface area contributed by atoms with Crippen LogP contribution < -0.4 is 0 Å². The van der Waals surface area contributed by atoms with E-state index in [1.807, 2.05) is 0 Å². The second kappa shape index (κ2) is 4.11. The summed E-state index contributed by atoms with van der Waals surface area (Å²) in [6.07, 6.45) is 16.6. The monoisotopic (exact) mass is 164 g/mol. The van der Waals surface area contributed by atoms with Gasteiger partial charge in [-0.15, -0.1) is 0 Å². The van der Waals surface area contributed by atoms with Gasteiger partial charge in [0.2, 0.25) is 0 Å². The van der Waals surface area contributed by atoms with Gasteiger partial charge in [0.1, 0.15) is 0 Å². The quantitative estimate of drug-likeness (QED) is 0.543. The second-order valence-electron chi connectivity index (χ2n) is 4.51. The SMILES string of the molecule is C1=CC(CC2CCCCC2)CC1. The molecule has 1 unspecified atom stereocenters. The van der Waals surface area contributed by atoms with Gasteiger partial charge in [0.25, 0.3) is 0 Å². The summed E-state index contributed by atoms with van der Waals surface area (Å²) in [5.41, 5.74) is 0. The molecular formula is C12H20. The van der Waals surface area contributed by atoms with Crippen LogP contribution in [0.2, 0.25) is 0 Å². The maximum atomic E-state index is 2.45. The first kappa shape index (κ1) is 8.34. The Bertz CT molecular complexity index is 151. The number of rotatable bonds is 2. The van der Waals surface area contributed by atoms with E-state index in [2.05, 4.69) is 12.2 Å². The van der Waals surface area contributed by atoms with Crippen molar-refractivity contribution < 1.29 is 0 Å². The number of hydrogen-bond acceptors (Lipinski definition) is 0. The summed E-state index contributed by atoms with van der Waals surface area (Å²) >= 11 is 0. The largest absolute Gasteiger partial charge is 0.0882 e. The van der Waals surface area contributed by atoms with E-state index < -0.39 is 0 Å². The highest BCUT2D eigenvalue weighted by Gasteiger charge is 2.18. The molecule has 1 saturated carbocycles. The van der Waals surface area contributed by atoms with Crippen LogP contribution in [0.1, 0.15) is 51.4 Å². The van der Waals surface area contributed by atoms with Gasteiger partial charge in [0.05, 0.1) is 0 Å². The molecule has 0 aromatic heterocycles. The summed E-state index contributed by atoms with van der Waals surface area (Å²) in [7, 11) is 0. The fourth-order valence-electron chi connectivity index (χ4n) is 2.74. The first-order chi connectivity index (χ1) is 5.95. The molecule has 1 atom stereocenters. The summed E-state index contributed by atoms with van der Waals surface area (Å²) in [6, 6.07) is 0. The minimum absolute atomic E-state index is 0.952. The predicted molar refractivity (Wildman–Crippen MR) is 53.1 cm³/mol. The molecule has 0 nitrogen and oxygen atoms in total. The van der Waals surface area contributed by atoms with Crippen LogP contribution in [0, 0.1) is 11.8 Å². The summed E-state index contributed by atoms with van der Waals surface area (Å²) in [6.45, 7) is 0. The van der Waals surface area contributed by atoms with Crippen molar-refractivity contribution in [2.75, 3.05) is 0 Å². The molecule has 0 N–H and O–H groups in total. The van der Waals surface area contributed by atoms with Crippen molar-refractivity contribution in [3.05, 3.63) is 12.2 Å². The Balaban J connectivity index is 1.73. The van der Waals surface area contributed by atoms with E-state index >= 15 is 0 Å². The smallest absolute Gasteiger partial charge is 0.0228 e. The van der Waals surface area contributed by atoms with E-state index in [0.29, 0.717) is 0 Å². The van der Waals surface area contributed by atoms with Gasteiger partial charge in [-0.1, -0.05) is 44.3 Å². The molecule has 2 aliphatic carbocycles. The molecule has 0 aromatic rings. The van der Waals surface area contributed by atoms with Crippen molar-refractivity contribution in [2.24, 2.45) is 11.8 Å². The molecule has 0 bridgehead atoms. The maximum absolute atomic E-state index is 2.45. The van der Waals surface area contributed by atoms with E-state index in [1.54, 1.807) is 0 Å². The molecular weight excluding hydrogens is 144 g/mol. The lowest BCUT2D eigenvalue weighted by atomic mass is 9.83. The van der Waals surface area contributed by atoms with Crippen molar-refractivity contribution >= 4 is 0 Å². The molecule has 0 aliphatic heterocycles. The van der Waals surface area contributed by atoms with Gasteiger partial charge in [-0.25, -0.2) is 0 Å². The Labute approximate surface area is 76.1 Å². The minimum atomic E-state index is 0.952. The molecule has 1 fully saturated rings. The van der Waals surface area contributed by atoms with Crippen LogP contribution in [-0.2, 0) is 0 Å². The highest BCUT2D eigenvalue weighted by Crippen LogP contribution is 2.32. The Kier molecular flexibility index (Phi) is 2.86. The van der Waals surface area contributed by atoms with Crippen LogP contribution in [0.25, 0.3) is 0 Å². The summed E-state index contributed by atoms with van der Waals surface area (Å²) in [5.74, 6) is 2.03. The van der Waals surface area contributed by atoms with Crippen LogP contribution in [-0.4, -0.2) is 0 Å². The second-order valence-corrected chi connectivity index (χ2v) is 4.51. The standard InChI is InChI=1S/C12H20/c1-2-6-11(7-3-1)10-12-8-4-5-9-12/h4,8,11-12H,1-3,5-7,9-10H2. The Morgan fingerprint density at radius 3 is 2.50 bits per heavy atom. The Hall–Kier alpha value is -0.260. The Morgan fingerprint density at radius 2 is 1.83 bits per heavy atom. The van der Waals surface area contributed by atoms with Crippen LogP contribution in [0.4, 0.5) is 0 Å². The average molecular weight is 164 g/mol. The van der Waals surface area contributed by atoms with Gasteiger partial charge >= 0.3 is 0 Å². The molecule has 0 amide bonds. The third kappa shape index (κ3) is 2.12. The third-order valence-corrected chi connectivity index (χ3v) is 3.47. The average Bonchev–Trinajstić information content (AvgIpc) is 2.59. The summed E-state index contributed by atoms with van der Waals surface area (Å²) < 4.78 is 0. The number of hydrogen-bond donors (Lipinski definition) is 0. The highest BCUT2D eigenvalue weighted by atomic mass is 14.2. The Morgan fingerprint density at radius 1 is 1.00 bits per heavy atom. The molecule has 12 heavy (non-hydrogen) atoms. The fourth-order valence-corrected chi connectivity index (χ4v) is 2.74. The van der Waals surface area contributed by atoms with Crippen molar-refractivity contribution in [1.82, 2.24) is 0 Å². The predicted octanol–water partition coefficient (Wildman–Crippen LogP) is 3.92. The van der Waals surface area contributed by atoms with Gasteiger partial charge in [0.15, 0.2) is 0 Å². The summed E-state index contributed by atoms with van der Waals surface area (Å²) in [4.78, 5) is 0. The van der Waals surface area contributed by atoms with Crippen LogP contribution >= 0.6 is 0 Å². The first-order valence-electron chi connectivity index (χ1n) is 5.62. The lowest BCUT2D eigenvalue weighted by Crippen LogP contribution is -2.09. The normalized spacial score (nSPS) is 31.2. The lowest BCUT2D eigenvalue weighted by Gasteiger charge is -2.23. The zero-order chi connectivity index (χ0) is 8.23. The molecule has 0 saturated heterocycles. The lowest BCUT2D eigenvalue weighted by molar-refractivity contribution is 0.307. The molecule has 0 heterocycles. The van der Waals surface area contributed by atoms with E-state index in [9.17, 15) is 0 Å². The fraction of sp³-hybridized carbons (Fsp3) is 0.833. The molecule has 0 aromatic carbocycles. The van der Waals surface area contributed by atoms with Gasteiger partial charge in [-0.3, -0.25) is 0 Å². The maximum Gasteiger partial charge on any atom is -0.0228 e. The minimum Gasteiger partial charge on any atom is -0.0882 e. The van der Waals surface area contributed by atoms with Gasteiger partial charge < -0.3 is 0 Å². The van der Waals surface area contributed by atoms with Crippen LogP contribution in [0.15, 0.2) is 12.2 Å².